The normalized spacial score (nSPS) is 17.1. The van der Waals surface area contributed by atoms with Crippen molar-refractivity contribution >= 4 is 15.6 Å². The molecule has 1 aliphatic rings. The van der Waals surface area contributed by atoms with Gasteiger partial charge in [0.1, 0.15) is 0 Å². The highest BCUT2D eigenvalue weighted by molar-refractivity contribution is 7.91. The molecule has 37 heavy (non-hydrogen) atoms. The maximum atomic E-state index is 13.5. The van der Waals surface area contributed by atoms with Crippen LogP contribution in [0.3, 0.4) is 0 Å². The van der Waals surface area contributed by atoms with Crippen LogP contribution in [0.15, 0.2) is 71.6 Å². The van der Waals surface area contributed by atoms with E-state index in [1.165, 1.54) is 0 Å². The summed E-state index contributed by atoms with van der Waals surface area (Å²) in [6.07, 6.45) is -8.31. The molecule has 0 aromatic heterocycles. The van der Waals surface area contributed by atoms with E-state index in [-0.39, 0.29) is 30.4 Å². The molecule has 0 N–H and O–H groups in total. The molecular weight excluding hydrogens is 518 g/mol. The molecule has 0 spiro atoms. The standard InChI is InChI=1S/C27H22F6O3S/c28-26(29,30)18-13-19(27(31,32)33)15-20(14-18)37(35,36)16-24-21-9-3-1-7-17(21)8-2-6-12-25(34)23-11-5-4-10-22(23)24/h1,3-5,7,9-11,13-15,24H,2,6,8,12,16H2. The topological polar surface area (TPSA) is 51.2 Å². The molecule has 0 heterocycles. The maximum absolute atomic E-state index is 13.5. The Balaban J connectivity index is 1.90. The third kappa shape index (κ3) is 5.89. The first-order valence-electron chi connectivity index (χ1n) is 11.5. The Morgan fingerprint density at radius 2 is 1.27 bits per heavy atom. The molecule has 10 heteroatoms. The molecule has 3 aromatic rings. The van der Waals surface area contributed by atoms with Crippen LogP contribution in [0.5, 0.6) is 0 Å². The maximum Gasteiger partial charge on any atom is 0.416 e. The highest BCUT2D eigenvalue weighted by Crippen LogP contribution is 2.39. The number of sulfone groups is 1. The number of ketones is 1. The van der Waals surface area contributed by atoms with Crippen LogP contribution in [-0.4, -0.2) is 20.0 Å². The Morgan fingerprint density at radius 1 is 0.730 bits per heavy atom. The van der Waals surface area contributed by atoms with Crippen LogP contribution in [0, 0.1) is 0 Å². The second-order valence-corrected chi connectivity index (χ2v) is 11.0. The fraction of sp³-hybridized carbons (Fsp3) is 0.296. The number of rotatable bonds is 3. The van der Waals surface area contributed by atoms with Gasteiger partial charge < -0.3 is 0 Å². The summed E-state index contributed by atoms with van der Waals surface area (Å²) in [4.78, 5) is 11.9. The fourth-order valence-corrected chi connectivity index (χ4v) is 6.26. The predicted molar refractivity (Wildman–Crippen MR) is 125 cm³/mol. The molecule has 1 unspecified atom stereocenters. The SMILES string of the molecule is O=C1CCCCc2ccccc2C(CS(=O)(=O)c2cc(C(F)(F)F)cc(C(F)(F)F)c2)c2ccccc21. The number of hydrogen-bond donors (Lipinski definition) is 0. The van der Waals surface area contributed by atoms with Gasteiger partial charge in [0.2, 0.25) is 0 Å². The summed E-state index contributed by atoms with van der Waals surface area (Å²) < 4.78 is 107. The number of Topliss-reactive ketones (excluding diaryl/α,β-unsaturated/α-hetero) is 1. The molecule has 196 valence electrons. The van der Waals surface area contributed by atoms with Crippen molar-refractivity contribution in [3.8, 4) is 0 Å². The summed E-state index contributed by atoms with van der Waals surface area (Å²) in [6, 6.07) is 13.7. The average Bonchev–Trinajstić information content (AvgIpc) is 2.84. The summed E-state index contributed by atoms with van der Waals surface area (Å²) >= 11 is 0. The Hall–Kier alpha value is -3.14. The lowest BCUT2D eigenvalue weighted by molar-refractivity contribution is -0.143. The third-order valence-electron chi connectivity index (χ3n) is 6.47. The summed E-state index contributed by atoms with van der Waals surface area (Å²) in [6.45, 7) is 0. The number of carbonyl (C=O) groups excluding carboxylic acids is 1. The molecule has 0 radical (unpaired) electrons. The van der Waals surface area contributed by atoms with Gasteiger partial charge in [-0.2, -0.15) is 26.3 Å². The molecule has 0 fully saturated rings. The third-order valence-corrected chi connectivity index (χ3v) is 8.20. The minimum Gasteiger partial charge on any atom is -0.294 e. The van der Waals surface area contributed by atoms with Gasteiger partial charge in [-0.25, -0.2) is 8.42 Å². The van der Waals surface area contributed by atoms with Crippen molar-refractivity contribution in [2.75, 3.05) is 5.75 Å². The molecule has 0 saturated heterocycles. The van der Waals surface area contributed by atoms with Crippen molar-refractivity contribution in [1.82, 2.24) is 0 Å². The van der Waals surface area contributed by atoms with Crippen LogP contribution < -0.4 is 0 Å². The van der Waals surface area contributed by atoms with E-state index in [2.05, 4.69) is 0 Å². The molecule has 0 amide bonds. The quantitative estimate of drug-likeness (QED) is 0.329. The Labute approximate surface area is 210 Å². The van der Waals surface area contributed by atoms with E-state index in [1.54, 1.807) is 42.5 Å². The summed E-state index contributed by atoms with van der Waals surface area (Å²) in [5, 5.41) is 0. The van der Waals surface area contributed by atoms with Gasteiger partial charge in [0.05, 0.1) is 21.8 Å². The van der Waals surface area contributed by atoms with Crippen LogP contribution in [0.25, 0.3) is 0 Å². The van der Waals surface area contributed by atoms with Crippen LogP contribution in [-0.2, 0) is 28.6 Å². The van der Waals surface area contributed by atoms with E-state index in [9.17, 15) is 39.6 Å². The lowest BCUT2D eigenvalue weighted by atomic mass is 9.83. The Morgan fingerprint density at radius 3 is 1.89 bits per heavy atom. The molecule has 0 bridgehead atoms. The average molecular weight is 541 g/mol. The number of aryl methyl sites for hydroxylation is 1. The number of carbonyl (C=O) groups is 1. The highest BCUT2D eigenvalue weighted by Gasteiger charge is 2.39. The molecule has 0 saturated carbocycles. The molecule has 1 aliphatic carbocycles. The first-order valence-corrected chi connectivity index (χ1v) is 13.1. The first kappa shape index (κ1) is 26.9. The second-order valence-electron chi connectivity index (χ2n) is 8.99. The van der Waals surface area contributed by atoms with Crippen molar-refractivity contribution in [3.63, 3.8) is 0 Å². The van der Waals surface area contributed by atoms with Crippen molar-refractivity contribution in [1.29, 1.82) is 0 Å². The van der Waals surface area contributed by atoms with Gasteiger partial charge >= 0.3 is 12.4 Å². The predicted octanol–water partition coefficient (Wildman–Crippen LogP) is 7.24. The zero-order chi connectivity index (χ0) is 27.0. The van der Waals surface area contributed by atoms with Gasteiger partial charge in [0.25, 0.3) is 0 Å². The van der Waals surface area contributed by atoms with E-state index >= 15 is 0 Å². The minimum absolute atomic E-state index is 0.105. The van der Waals surface area contributed by atoms with Crippen molar-refractivity contribution < 1.29 is 39.6 Å². The van der Waals surface area contributed by atoms with Gasteiger partial charge in [-0.05, 0) is 54.2 Å². The van der Waals surface area contributed by atoms with E-state index in [1.807, 2.05) is 6.07 Å². The van der Waals surface area contributed by atoms with Crippen LogP contribution in [0.1, 0.15) is 63.4 Å². The van der Waals surface area contributed by atoms with Crippen molar-refractivity contribution in [3.05, 3.63) is 100 Å². The number of fused-ring (bicyclic) bond motifs is 2. The molecule has 3 nitrogen and oxygen atoms in total. The monoisotopic (exact) mass is 540 g/mol. The highest BCUT2D eigenvalue weighted by atomic mass is 32.2. The zero-order valence-electron chi connectivity index (χ0n) is 19.4. The zero-order valence-corrected chi connectivity index (χ0v) is 20.2. The number of alkyl halides is 6. The van der Waals surface area contributed by atoms with Gasteiger partial charge in [-0.3, -0.25) is 4.79 Å². The summed E-state index contributed by atoms with van der Waals surface area (Å²) in [5.41, 5.74) is -1.37. The Kier molecular flexibility index (Phi) is 7.25. The van der Waals surface area contributed by atoms with Crippen LogP contribution in [0.2, 0.25) is 0 Å². The van der Waals surface area contributed by atoms with E-state index in [0.717, 1.165) is 5.56 Å². The van der Waals surface area contributed by atoms with Gasteiger partial charge in [0, 0.05) is 17.9 Å². The first-order chi connectivity index (χ1) is 17.3. The van der Waals surface area contributed by atoms with Gasteiger partial charge in [-0.15, -0.1) is 0 Å². The van der Waals surface area contributed by atoms with Crippen LogP contribution >= 0.6 is 0 Å². The fourth-order valence-electron chi connectivity index (χ4n) is 4.66. The van der Waals surface area contributed by atoms with E-state index in [4.69, 9.17) is 0 Å². The molecule has 0 aliphatic heterocycles. The molecule has 4 rings (SSSR count). The lowest BCUT2D eigenvalue weighted by Crippen LogP contribution is -2.22. The van der Waals surface area contributed by atoms with E-state index < -0.39 is 49.9 Å². The molecule has 3 aromatic carbocycles. The van der Waals surface area contributed by atoms with Crippen LogP contribution in [0.4, 0.5) is 26.3 Å². The van der Waals surface area contributed by atoms with Gasteiger partial charge in [-0.1, -0.05) is 48.5 Å². The van der Waals surface area contributed by atoms with E-state index in [0.29, 0.717) is 36.0 Å². The minimum atomic E-state index is -5.19. The molecular formula is C27H22F6O3S. The van der Waals surface area contributed by atoms with Crippen molar-refractivity contribution in [2.24, 2.45) is 0 Å². The largest absolute Gasteiger partial charge is 0.416 e. The summed E-state index contributed by atoms with van der Waals surface area (Å²) in [7, 11) is -4.69. The number of hydrogen-bond acceptors (Lipinski definition) is 3. The van der Waals surface area contributed by atoms with Gasteiger partial charge in [0.15, 0.2) is 15.6 Å². The smallest absolute Gasteiger partial charge is 0.294 e. The number of halogens is 6. The lowest BCUT2D eigenvalue weighted by Gasteiger charge is -2.25. The molecule has 1 atom stereocenters. The summed E-state index contributed by atoms with van der Waals surface area (Å²) in [5.74, 6) is -1.99. The Bertz CT molecular complexity index is 1390. The van der Waals surface area contributed by atoms with Crippen molar-refractivity contribution in [2.45, 2.75) is 48.8 Å². The second kappa shape index (κ2) is 9.96. The number of benzene rings is 3.